The highest BCUT2D eigenvalue weighted by atomic mass is 16.6. The number of amides is 1. The number of hydrogen-bond donors (Lipinski definition) is 2. The number of ether oxygens (including phenoxy) is 1. The fourth-order valence-electron chi connectivity index (χ4n) is 2.18. The Kier molecular flexibility index (Phi) is 5.40. The average Bonchev–Trinajstić information content (AvgIpc) is 2.52. The van der Waals surface area contributed by atoms with Gasteiger partial charge < -0.3 is 15.8 Å². The molecule has 0 aliphatic heterocycles. The van der Waals surface area contributed by atoms with Gasteiger partial charge in [0.2, 0.25) is 0 Å². The van der Waals surface area contributed by atoms with Crippen LogP contribution in [0.15, 0.2) is 54.6 Å². The van der Waals surface area contributed by atoms with Crippen LogP contribution in [0.1, 0.15) is 32.4 Å². The van der Waals surface area contributed by atoms with Crippen molar-refractivity contribution in [3.8, 4) is 11.1 Å². The zero-order valence-electron chi connectivity index (χ0n) is 13.9. The van der Waals surface area contributed by atoms with Crippen LogP contribution in [0.5, 0.6) is 0 Å². The number of nitrogens with one attached hydrogen (secondary N) is 1. The van der Waals surface area contributed by atoms with Crippen LogP contribution >= 0.6 is 0 Å². The van der Waals surface area contributed by atoms with Crippen molar-refractivity contribution in [2.24, 2.45) is 5.73 Å². The maximum atomic E-state index is 11.6. The van der Waals surface area contributed by atoms with Gasteiger partial charge in [-0.3, -0.25) is 0 Å². The summed E-state index contributed by atoms with van der Waals surface area (Å²) in [6.07, 6.45) is -0.450. The molecule has 0 radical (unpaired) electrons. The molecule has 1 unspecified atom stereocenters. The Morgan fingerprint density at radius 1 is 1.04 bits per heavy atom. The molecule has 0 saturated heterocycles. The molecule has 3 N–H and O–H groups in total. The van der Waals surface area contributed by atoms with Gasteiger partial charge in [0.1, 0.15) is 5.60 Å². The first-order chi connectivity index (χ1) is 10.8. The van der Waals surface area contributed by atoms with Crippen LogP contribution in [0.25, 0.3) is 11.1 Å². The Morgan fingerprint density at radius 2 is 1.61 bits per heavy atom. The summed E-state index contributed by atoms with van der Waals surface area (Å²) in [5.74, 6) is 0. The lowest BCUT2D eigenvalue weighted by atomic mass is 10.0. The minimum atomic E-state index is -0.508. The van der Waals surface area contributed by atoms with Crippen molar-refractivity contribution in [1.82, 2.24) is 5.32 Å². The Bertz CT molecular complexity index is 631. The average molecular weight is 312 g/mol. The Morgan fingerprint density at radius 3 is 2.17 bits per heavy atom. The highest BCUT2D eigenvalue weighted by Gasteiger charge is 2.16. The molecular weight excluding hydrogens is 288 g/mol. The smallest absolute Gasteiger partial charge is 0.407 e. The third-order valence-corrected chi connectivity index (χ3v) is 3.31. The first kappa shape index (κ1) is 17.0. The molecule has 0 saturated carbocycles. The van der Waals surface area contributed by atoms with Gasteiger partial charge in [-0.05, 0) is 37.5 Å². The maximum Gasteiger partial charge on any atom is 0.407 e. The lowest BCUT2D eigenvalue weighted by Crippen LogP contribution is -2.36. The number of carbonyl (C=O) groups excluding carboxylic acids is 1. The molecule has 2 rings (SSSR count). The van der Waals surface area contributed by atoms with Crippen LogP contribution in [0.3, 0.4) is 0 Å². The van der Waals surface area contributed by atoms with Gasteiger partial charge in [-0.2, -0.15) is 0 Å². The first-order valence-electron chi connectivity index (χ1n) is 7.73. The molecule has 0 heterocycles. The van der Waals surface area contributed by atoms with Crippen LogP contribution in [0.2, 0.25) is 0 Å². The summed E-state index contributed by atoms with van der Waals surface area (Å²) in [5, 5.41) is 2.70. The molecule has 0 aliphatic carbocycles. The van der Waals surface area contributed by atoms with Crippen molar-refractivity contribution in [1.29, 1.82) is 0 Å². The molecule has 0 spiro atoms. The highest BCUT2D eigenvalue weighted by molar-refractivity contribution is 5.67. The van der Waals surface area contributed by atoms with Gasteiger partial charge >= 0.3 is 6.09 Å². The zero-order chi connectivity index (χ0) is 16.9. The second-order valence-electron chi connectivity index (χ2n) is 6.48. The summed E-state index contributed by atoms with van der Waals surface area (Å²) < 4.78 is 5.20. The number of rotatable bonds is 4. The van der Waals surface area contributed by atoms with Crippen molar-refractivity contribution < 1.29 is 9.53 Å². The van der Waals surface area contributed by atoms with Gasteiger partial charge in [-0.1, -0.05) is 54.6 Å². The predicted molar refractivity (Wildman–Crippen MR) is 93.0 cm³/mol. The SMILES string of the molecule is CC(C)(C)OC(=O)NCC(N)c1ccc(-c2ccccc2)cc1. The molecule has 4 nitrogen and oxygen atoms in total. The summed E-state index contributed by atoms with van der Waals surface area (Å²) in [6.45, 7) is 5.82. The normalized spacial score (nSPS) is 12.5. The number of carbonyl (C=O) groups is 1. The predicted octanol–water partition coefficient (Wildman–Crippen LogP) is 3.88. The summed E-state index contributed by atoms with van der Waals surface area (Å²) >= 11 is 0. The highest BCUT2D eigenvalue weighted by Crippen LogP contribution is 2.21. The maximum absolute atomic E-state index is 11.6. The molecule has 0 aliphatic rings. The molecular formula is C19H24N2O2. The third-order valence-electron chi connectivity index (χ3n) is 3.31. The first-order valence-corrected chi connectivity index (χ1v) is 7.73. The second-order valence-corrected chi connectivity index (χ2v) is 6.48. The van der Waals surface area contributed by atoms with Crippen molar-refractivity contribution in [2.75, 3.05) is 6.54 Å². The number of nitrogens with two attached hydrogens (primary N) is 1. The van der Waals surface area contributed by atoms with E-state index in [1.807, 2.05) is 63.2 Å². The van der Waals surface area contributed by atoms with Gasteiger partial charge in [-0.25, -0.2) is 4.79 Å². The van der Waals surface area contributed by atoms with E-state index in [4.69, 9.17) is 10.5 Å². The molecule has 122 valence electrons. The minimum absolute atomic E-state index is 0.271. The standard InChI is InChI=1S/C19H24N2O2/c1-19(2,3)23-18(22)21-13-17(20)16-11-9-15(10-12-16)14-7-5-4-6-8-14/h4-12,17H,13,20H2,1-3H3,(H,21,22). The Hall–Kier alpha value is -2.33. The van der Waals surface area contributed by atoms with Crippen molar-refractivity contribution in [3.63, 3.8) is 0 Å². The fraction of sp³-hybridized carbons (Fsp3) is 0.316. The van der Waals surface area contributed by atoms with E-state index in [0.717, 1.165) is 11.1 Å². The molecule has 0 aromatic heterocycles. The van der Waals surface area contributed by atoms with Gasteiger partial charge in [0, 0.05) is 12.6 Å². The van der Waals surface area contributed by atoms with Gasteiger partial charge in [0.15, 0.2) is 0 Å². The van der Waals surface area contributed by atoms with E-state index in [1.54, 1.807) is 0 Å². The quantitative estimate of drug-likeness (QED) is 0.900. The number of hydrogen-bond acceptors (Lipinski definition) is 3. The Balaban J connectivity index is 1.93. The molecule has 2 aromatic carbocycles. The number of alkyl carbamates (subject to hydrolysis) is 1. The van der Waals surface area contributed by atoms with E-state index < -0.39 is 11.7 Å². The Labute approximate surface area is 137 Å². The van der Waals surface area contributed by atoms with Crippen LogP contribution in [0, 0.1) is 0 Å². The molecule has 0 bridgehead atoms. The van der Waals surface area contributed by atoms with E-state index in [-0.39, 0.29) is 6.04 Å². The number of benzene rings is 2. The van der Waals surface area contributed by atoms with E-state index in [2.05, 4.69) is 17.4 Å². The van der Waals surface area contributed by atoms with Gasteiger partial charge in [0.05, 0.1) is 0 Å². The summed E-state index contributed by atoms with van der Waals surface area (Å²) in [5.41, 5.74) is 8.90. The topological polar surface area (TPSA) is 64.3 Å². The van der Waals surface area contributed by atoms with Gasteiger partial charge in [0.25, 0.3) is 0 Å². The van der Waals surface area contributed by atoms with E-state index in [9.17, 15) is 4.79 Å². The summed E-state index contributed by atoms with van der Waals surface area (Å²) in [6, 6.07) is 17.9. The van der Waals surface area contributed by atoms with Crippen LogP contribution in [-0.4, -0.2) is 18.2 Å². The van der Waals surface area contributed by atoms with Crippen LogP contribution in [0.4, 0.5) is 4.79 Å². The van der Waals surface area contributed by atoms with E-state index in [0.29, 0.717) is 6.54 Å². The van der Waals surface area contributed by atoms with Crippen molar-refractivity contribution in [2.45, 2.75) is 32.4 Å². The van der Waals surface area contributed by atoms with Crippen LogP contribution < -0.4 is 11.1 Å². The molecule has 1 amide bonds. The lowest BCUT2D eigenvalue weighted by molar-refractivity contribution is 0.0524. The summed E-state index contributed by atoms with van der Waals surface area (Å²) in [4.78, 5) is 11.6. The molecule has 4 heteroatoms. The molecule has 1 atom stereocenters. The lowest BCUT2D eigenvalue weighted by Gasteiger charge is -2.21. The third kappa shape index (κ3) is 5.42. The molecule has 23 heavy (non-hydrogen) atoms. The zero-order valence-corrected chi connectivity index (χ0v) is 13.9. The minimum Gasteiger partial charge on any atom is -0.444 e. The summed E-state index contributed by atoms with van der Waals surface area (Å²) in [7, 11) is 0. The molecule has 2 aromatic rings. The van der Waals surface area contributed by atoms with Gasteiger partial charge in [-0.15, -0.1) is 0 Å². The monoisotopic (exact) mass is 312 g/mol. The fourth-order valence-corrected chi connectivity index (χ4v) is 2.18. The second kappa shape index (κ2) is 7.29. The van der Waals surface area contributed by atoms with E-state index >= 15 is 0 Å². The van der Waals surface area contributed by atoms with Crippen molar-refractivity contribution in [3.05, 3.63) is 60.2 Å². The van der Waals surface area contributed by atoms with E-state index in [1.165, 1.54) is 5.56 Å². The van der Waals surface area contributed by atoms with Crippen LogP contribution in [-0.2, 0) is 4.74 Å². The van der Waals surface area contributed by atoms with Crippen molar-refractivity contribution >= 4 is 6.09 Å². The largest absolute Gasteiger partial charge is 0.444 e. The molecule has 0 fully saturated rings.